The molecule has 21 heavy (non-hydrogen) atoms. The van der Waals surface area contributed by atoms with Crippen molar-refractivity contribution in [2.75, 3.05) is 0 Å². The van der Waals surface area contributed by atoms with Gasteiger partial charge in [-0.3, -0.25) is 4.79 Å². The number of imidazole rings is 1. The van der Waals surface area contributed by atoms with Crippen LogP contribution in [0.1, 0.15) is 0 Å². The van der Waals surface area contributed by atoms with Gasteiger partial charge in [-0.05, 0) is 29.0 Å². The van der Waals surface area contributed by atoms with Crippen LogP contribution in [-0.4, -0.2) is 20.1 Å². The lowest BCUT2D eigenvalue weighted by Crippen LogP contribution is -2.01. The quantitative estimate of drug-likeness (QED) is 0.500. The number of aromatic nitrogens is 3. The maximum atomic E-state index is 11.3. The molecule has 0 atom stereocenters. The number of fused-ring (bicyclic) bond motifs is 2. The number of aromatic hydroxyl groups is 1. The van der Waals surface area contributed by atoms with E-state index in [9.17, 15) is 9.90 Å². The van der Waals surface area contributed by atoms with E-state index in [0.717, 1.165) is 16.3 Å². The number of nitrogens with zero attached hydrogens (tertiary/aromatic N) is 1. The number of phenolic OH excluding ortho intramolecular Hbond substituents is 1. The van der Waals surface area contributed by atoms with Crippen molar-refractivity contribution in [1.29, 1.82) is 0 Å². The number of hydrogen-bond donors (Lipinski definition) is 3. The molecule has 4 rings (SSSR count). The maximum Gasteiger partial charge on any atom is 0.249 e. The molecule has 5 heteroatoms. The first kappa shape index (κ1) is 11.7. The minimum atomic E-state index is -0.205. The summed E-state index contributed by atoms with van der Waals surface area (Å²) in [6, 6.07) is 14.5. The number of nitrogens with one attached hydrogen (secondary N) is 2. The Morgan fingerprint density at radius 1 is 0.952 bits per heavy atom. The van der Waals surface area contributed by atoms with Crippen molar-refractivity contribution in [3.63, 3.8) is 0 Å². The zero-order valence-electron chi connectivity index (χ0n) is 10.9. The smallest absolute Gasteiger partial charge is 0.249 e. The Kier molecular flexibility index (Phi) is 2.35. The number of pyridine rings is 1. The first-order chi connectivity index (χ1) is 10.2. The first-order valence-electron chi connectivity index (χ1n) is 6.52. The third-order valence-electron chi connectivity index (χ3n) is 3.49. The second kappa shape index (κ2) is 4.21. The predicted octanol–water partition coefficient (Wildman–Crippen LogP) is 2.78. The molecule has 3 N–H and O–H groups in total. The second-order valence-corrected chi connectivity index (χ2v) is 4.89. The molecule has 0 saturated carbocycles. The summed E-state index contributed by atoms with van der Waals surface area (Å²) >= 11 is 0. The van der Waals surface area contributed by atoms with E-state index >= 15 is 0 Å². The minimum Gasteiger partial charge on any atom is -0.507 e. The van der Waals surface area contributed by atoms with E-state index in [-0.39, 0.29) is 11.3 Å². The maximum absolute atomic E-state index is 11.3. The van der Waals surface area contributed by atoms with Gasteiger partial charge in [-0.1, -0.05) is 24.3 Å². The summed E-state index contributed by atoms with van der Waals surface area (Å²) in [6.45, 7) is 0. The zero-order valence-corrected chi connectivity index (χ0v) is 10.9. The summed E-state index contributed by atoms with van der Waals surface area (Å²) in [5.74, 6) is 0.671. The molecule has 2 aromatic heterocycles. The van der Waals surface area contributed by atoms with Gasteiger partial charge in [0.2, 0.25) is 5.56 Å². The van der Waals surface area contributed by atoms with Gasteiger partial charge in [0.15, 0.2) is 5.65 Å². The Labute approximate surface area is 118 Å². The molecule has 102 valence electrons. The van der Waals surface area contributed by atoms with E-state index in [1.165, 1.54) is 6.07 Å². The summed E-state index contributed by atoms with van der Waals surface area (Å²) in [6.07, 6.45) is 0. The van der Waals surface area contributed by atoms with Crippen molar-refractivity contribution in [3.8, 4) is 17.1 Å². The van der Waals surface area contributed by atoms with Crippen LogP contribution in [0.15, 0.2) is 53.3 Å². The van der Waals surface area contributed by atoms with Crippen molar-refractivity contribution >= 4 is 21.9 Å². The number of benzene rings is 2. The molecule has 0 bridgehead atoms. The van der Waals surface area contributed by atoms with Gasteiger partial charge in [0, 0.05) is 6.07 Å². The van der Waals surface area contributed by atoms with E-state index < -0.39 is 0 Å². The molecule has 5 nitrogen and oxygen atoms in total. The first-order valence-corrected chi connectivity index (χ1v) is 6.52. The van der Waals surface area contributed by atoms with Crippen LogP contribution in [0.2, 0.25) is 0 Å². The summed E-state index contributed by atoms with van der Waals surface area (Å²) in [7, 11) is 0. The van der Waals surface area contributed by atoms with Crippen LogP contribution in [0.4, 0.5) is 0 Å². The van der Waals surface area contributed by atoms with Crippen LogP contribution in [0.5, 0.6) is 5.75 Å². The molecule has 0 aliphatic rings. The molecule has 0 radical (unpaired) electrons. The molecule has 0 aliphatic carbocycles. The van der Waals surface area contributed by atoms with Gasteiger partial charge < -0.3 is 15.1 Å². The third kappa shape index (κ3) is 1.87. The molecule has 0 amide bonds. The average Bonchev–Trinajstić information content (AvgIpc) is 2.89. The lowest BCUT2D eigenvalue weighted by molar-refractivity contribution is 0.478. The van der Waals surface area contributed by atoms with Crippen LogP contribution >= 0.6 is 0 Å². The van der Waals surface area contributed by atoms with Gasteiger partial charge in [-0.25, -0.2) is 4.98 Å². The van der Waals surface area contributed by atoms with E-state index in [4.69, 9.17) is 0 Å². The Morgan fingerprint density at radius 3 is 2.52 bits per heavy atom. The normalized spacial score (nSPS) is 11.2. The number of hydrogen-bond acceptors (Lipinski definition) is 3. The SMILES string of the molecule is O=c1ccc2[nH]c(-c3cc4ccccc4cc3O)nc2[nH]1. The Bertz CT molecular complexity index is 1030. The van der Waals surface area contributed by atoms with E-state index in [0.29, 0.717) is 17.0 Å². The van der Waals surface area contributed by atoms with Crippen molar-refractivity contribution in [2.45, 2.75) is 0 Å². The molecule has 0 aliphatic heterocycles. The van der Waals surface area contributed by atoms with Crippen LogP contribution in [-0.2, 0) is 0 Å². The topological polar surface area (TPSA) is 81.8 Å². The second-order valence-electron chi connectivity index (χ2n) is 4.89. The van der Waals surface area contributed by atoms with E-state index in [2.05, 4.69) is 15.0 Å². The van der Waals surface area contributed by atoms with Gasteiger partial charge in [0.1, 0.15) is 11.6 Å². The molecule has 0 spiro atoms. The fraction of sp³-hybridized carbons (Fsp3) is 0. The van der Waals surface area contributed by atoms with E-state index in [1.54, 1.807) is 12.1 Å². The Balaban J connectivity index is 1.98. The number of H-pyrrole nitrogens is 2. The highest BCUT2D eigenvalue weighted by Crippen LogP contribution is 2.32. The van der Waals surface area contributed by atoms with Crippen LogP contribution in [0.3, 0.4) is 0 Å². The average molecular weight is 277 g/mol. The van der Waals surface area contributed by atoms with Gasteiger partial charge in [-0.2, -0.15) is 0 Å². The summed E-state index contributed by atoms with van der Waals surface area (Å²) in [5, 5.41) is 12.2. The van der Waals surface area contributed by atoms with Gasteiger partial charge in [-0.15, -0.1) is 0 Å². The van der Waals surface area contributed by atoms with Gasteiger partial charge in [0.25, 0.3) is 0 Å². The van der Waals surface area contributed by atoms with Gasteiger partial charge >= 0.3 is 0 Å². The molecule has 2 heterocycles. The highest BCUT2D eigenvalue weighted by atomic mass is 16.3. The van der Waals surface area contributed by atoms with Crippen molar-refractivity contribution in [2.24, 2.45) is 0 Å². The highest BCUT2D eigenvalue weighted by molar-refractivity contribution is 5.90. The number of rotatable bonds is 1. The molecule has 0 unspecified atom stereocenters. The summed E-state index contributed by atoms with van der Waals surface area (Å²) in [5.41, 5.74) is 1.59. The van der Waals surface area contributed by atoms with Crippen molar-refractivity contribution < 1.29 is 5.11 Å². The molecule has 0 fully saturated rings. The lowest BCUT2D eigenvalue weighted by Gasteiger charge is -2.04. The van der Waals surface area contributed by atoms with E-state index in [1.807, 2.05) is 30.3 Å². The van der Waals surface area contributed by atoms with Crippen molar-refractivity contribution in [1.82, 2.24) is 15.0 Å². The minimum absolute atomic E-state index is 0.148. The Morgan fingerprint density at radius 2 is 1.71 bits per heavy atom. The van der Waals surface area contributed by atoms with Crippen LogP contribution in [0.25, 0.3) is 33.3 Å². The predicted molar refractivity (Wildman–Crippen MR) is 81.3 cm³/mol. The largest absolute Gasteiger partial charge is 0.507 e. The standard InChI is InChI=1S/C16H11N3O2/c20-13-8-10-4-2-1-3-9(10)7-11(13)15-17-12-5-6-14(21)18-16(12)19-15/h1-8,20H,(H2,17,18,19,21). The lowest BCUT2D eigenvalue weighted by atomic mass is 10.1. The molecular weight excluding hydrogens is 266 g/mol. The fourth-order valence-corrected chi connectivity index (χ4v) is 2.47. The van der Waals surface area contributed by atoms with Crippen molar-refractivity contribution in [3.05, 3.63) is 58.9 Å². The molecule has 0 saturated heterocycles. The summed E-state index contributed by atoms with van der Waals surface area (Å²) in [4.78, 5) is 21.4. The van der Waals surface area contributed by atoms with Crippen LogP contribution < -0.4 is 5.56 Å². The zero-order chi connectivity index (χ0) is 14.4. The highest BCUT2D eigenvalue weighted by Gasteiger charge is 2.11. The number of aromatic amines is 2. The molecular formula is C16H11N3O2. The number of phenols is 1. The Hall–Kier alpha value is -3.08. The fourth-order valence-electron chi connectivity index (χ4n) is 2.47. The monoisotopic (exact) mass is 277 g/mol. The van der Waals surface area contributed by atoms with Gasteiger partial charge in [0.05, 0.1) is 11.1 Å². The van der Waals surface area contributed by atoms with Crippen LogP contribution in [0, 0.1) is 0 Å². The summed E-state index contributed by atoms with van der Waals surface area (Å²) < 4.78 is 0. The molecule has 4 aromatic rings. The molecule has 2 aromatic carbocycles. The third-order valence-corrected chi connectivity index (χ3v) is 3.49.